The smallest absolute Gasteiger partial charge is 0.215 e. The van der Waals surface area contributed by atoms with Gasteiger partial charge in [0.1, 0.15) is 54.6 Å². The molecule has 53 heavy (non-hydrogen) atoms. The molecule has 20 heteroatoms. The van der Waals surface area contributed by atoms with E-state index in [0.717, 1.165) is 13.1 Å². The van der Waals surface area contributed by atoms with Crippen molar-refractivity contribution in [2.45, 2.75) is 142 Å². The third-order valence-electron chi connectivity index (χ3n) is 11.1. The van der Waals surface area contributed by atoms with Crippen LogP contribution >= 0.6 is 0 Å². The van der Waals surface area contributed by atoms with E-state index in [1.807, 2.05) is 6.08 Å². The Morgan fingerprint density at radius 3 is 2.23 bits per heavy atom. The minimum Gasteiger partial charge on any atom is -0.467 e. The number of aliphatic hydroxyl groups excluding tert-OH is 7. The van der Waals surface area contributed by atoms with Crippen molar-refractivity contribution < 1.29 is 69.3 Å². The fourth-order valence-corrected chi connectivity index (χ4v) is 7.71. The lowest BCUT2D eigenvalue weighted by Gasteiger charge is -2.46. The van der Waals surface area contributed by atoms with Crippen LogP contribution in [0.15, 0.2) is 11.8 Å². The quantitative estimate of drug-likeness (QED) is 0.0694. The lowest BCUT2D eigenvalue weighted by molar-refractivity contribution is -0.283. The molecule has 4 aliphatic heterocycles. The zero-order valence-electron chi connectivity index (χ0n) is 29.9. The summed E-state index contributed by atoms with van der Waals surface area (Å²) in [5.74, 6) is 0.0249. The van der Waals surface area contributed by atoms with Crippen LogP contribution in [0.1, 0.15) is 38.5 Å². The first-order chi connectivity index (χ1) is 25.3. The largest absolute Gasteiger partial charge is 0.467 e. The highest BCUT2D eigenvalue weighted by molar-refractivity contribution is 5.05. The number of ether oxygens (including phenoxy) is 6. The van der Waals surface area contributed by atoms with E-state index in [1.54, 1.807) is 0 Å². The van der Waals surface area contributed by atoms with Crippen LogP contribution < -0.4 is 33.6 Å². The first-order valence-electron chi connectivity index (χ1n) is 18.6. The van der Waals surface area contributed by atoms with E-state index in [4.69, 9.17) is 51.4 Å². The van der Waals surface area contributed by atoms with Gasteiger partial charge in [0.25, 0.3) is 0 Å². The van der Waals surface area contributed by atoms with Crippen molar-refractivity contribution in [3.8, 4) is 0 Å². The number of hydrogen-bond acceptors (Lipinski definition) is 20. The van der Waals surface area contributed by atoms with Crippen LogP contribution in [0.5, 0.6) is 0 Å². The maximum Gasteiger partial charge on any atom is 0.215 e. The Balaban J connectivity index is 1.28. The summed E-state index contributed by atoms with van der Waals surface area (Å²) in [6.45, 7) is 0.878. The summed E-state index contributed by atoms with van der Waals surface area (Å²) in [5, 5.41) is 90.7. The average molecular weight is 767 g/mol. The van der Waals surface area contributed by atoms with Gasteiger partial charge in [0.05, 0.1) is 49.7 Å². The lowest BCUT2D eigenvalue weighted by atomic mass is 9.77. The fourth-order valence-electron chi connectivity index (χ4n) is 7.71. The number of nitrogens with two attached hydrogens (primary N) is 4. The monoisotopic (exact) mass is 766 g/mol. The van der Waals surface area contributed by atoms with Crippen molar-refractivity contribution in [3.05, 3.63) is 11.8 Å². The van der Waals surface area contributed by atoms with E-state index < -0.39 is 123 Å². The van der Waals surface area contributed by atoms with E-state index in [2.05, 4.69) is 10.6 Å². The Labute approximate surface area is 308 Å². The molecule has 0 bridgehead atoms. The SMILES string of the molecule is NC[C@@H]1O[C@H](O[C@H]2[C@@H](O)[C@H](O[C@@H]3[C@@H](O)[C@H](CCC(O)CO)C[C@H](N)[C@H]3O[C@H]3OC(CNCC4(O)CCNCC4)=CC[C@H]3N)O[C@@H]2CO)[C@H](N)[C@@H](O)[C@@H]1O. The molecule has 1 aliphatic carbocycles. The summed E-state index contributed by atoms with van der Waals surface area (Å²) in [6.07, 6.45) is -12.2. The molecule has 4 fully saturated rings. The van der Waals surface area contributed by atoms with Crippen molar-refractivity contribution in [3.63, 3.8) is 0 Å². The molecule has 4 heterocycles. The molecular formula is C33H62N6O14. The molecular weight excluding hydrogens is 704 g/mol. The van der Waals surface area contributed by atoms with Gasteiger partial charge in [-0.25, -0.2) is 0 Å². The van der Waals surface area contributed by atoms with Gasteiger partial charge in [0, 0.05) is 19.1 Å². The van der Waals surface area contributed by atoms with Crippen molar-refractivity contribution >= 4 is 0 Å². The molecule has 18 N–H and O–H groups in total. The summed E-state index contributed by atoms with van der Waals surface area (Å²) < 4.78 is 36.3. The highest BCUT2D eigenvalue weighted by Crippen LogP contribution is 2.37. The van der Waals surface area contributed by atoms with E-state index in [1.165, 1.54) is 0 Å². The Morgan fingerprint density at radius 1 is 0.868 bits per heavy atom. The predicted octanol–water partition coefficient (Wildman–Crippen LogP) is -6.54. The van der Waals surface area contributed by atoms with Crippen LogP contribution in [0.2, 0.25) is 0 Å². The molecule has 1 unspecified atom stereocenters. The number of piperidine rings is 1. The molecule has 5 aliphatic rings. The van der Waals surface area contributed by atoms with Crippen LogP contribution in [0.4, 0.5) is 0 Å². The van der Waals surface area contributed by atoms with Gasteiger partial charge in [-0.15, -0.1) is 0 Å². The molecule has 0 aromatic carbocycles. The Hall–Kier alpha value is -1.22. The second kappa shape index (κ2) is 19.3. The summed E-state index contributed by atoms with van der Waals surface area (Å²) in [5.41, 5.74) is 24.0. The van der Waals surface area contributed by atoms with Gasteiger partial charge < -0.3 is 103 Å². The van der Waals surface area contributed by atoms with E-state index in [9.17, 15) is 40.9 Å². The first-order valence-corrected chi connectivity index (χ1v) is 18.6. The topological polar surface area (TPSA) is 345 Å². The molecule has 5 rings (SSSR count). The summed E-state index contributed by atoms with van der Waals surface area (Å²) >= 11 is 0. The molecule has 1 saturated carbocycles. The molecule has 308 valence electrons. The molecule has 0 radical (unpaired) electrons. The Morgan fingerprint density at radius 2 is 1.55 bits per heavy atom. The minimum atomic E-state index is -1.59. The molecule has 0 aromatic heterocycles. The fraction of sp³-hybridized carbons (Fsp3) is 0.939. The number of rotatable bonds is 16. The summed E-state index contributed by atoms with van der Waals surface area (Å²) in [6, 6.07) is -2.62. The van der Waals surface area contributed by atoms with Crippen LogP contribution in [0.3, 0.4) is 0 Å². The molecule has 3 saturated heterocycles. The lowest BCUT2D eigenvalue weighted by Crippen LogP contribution is -2.64. The third-order valence-corrected chi connectivity index (χ3v) is 11.1. The van der Waals surface area contributed by atoms with Gasteiger partial charge in [0.15, 0.2) is 12.6 Å². The number of aliphatic hydroxyl groups is 8. The molecule has 0 aromatic rings. The van der Waals surface area contributed by atoms with Crippen molar-refractivity contribution in [2.24, 2.45) is 28.9 Å². The Bertz CT molecular complexity index is 1160. The van der Waals surface area contributed by atoms with Gasteiger partial charge >= 0.3 is 0 Å². The van der Waals surface area contributed by atoms with Crippen LogP contribution in [0.25, 0.3) is 0 Å². The Kier molecular flexibility index (Phi) is 15.6. The van der Waals surface area contributed by atoms with Crippen LogP contribution in [-0.4, -0.2) is 190 Å². The number of nitrogens with one attached hydrogen (secondary N) is 2. The van der Waals surface area contributed by atoms with Gasteiger partial charge in [-0.2, -0.15) is 0 Å². The molecule has 17 atom stereocenters. The van der Waals surface area contributed by atoms with E-state index in [0.29, 0.717) is 38.1 Å². The normalized spacial score (nSPS) is 44.0. The highest BCUT2D eigenvalue weighted by Gasteiger charge is 2.54. The summed E-state index contributed by atoms with van der Waals surface area (Å²) in [7, 11) is 0. The zero-order chi connectivity index (χ0) is 38.4. The number of hydrogen-bond donors (Lipinski definition) is 14. The third kappa shape index (κ3) is 10.4. The maximum absolute atomic E-state index is 11.7. The van der Waals surface area contributed by atoms with Crippen molar-refractivity contribution in [2.75, 3.05) is 45.9 Å². The minimum absolute atomic E-state index is 0.162. The maximum atomic E-state index is 11.7. The summed E-state index contributed by atoms with van der Waals surface area (Å²) in [4.78, 5) is 0. The van der Waals surface area contributed by atoms with E-state index >= 15 is 0 Å². The van der Waals surface area contributed by atoms with E-state index in [-0.39, 0.29) is 25.8 Å². The molecule has 20 nitrogen and oxygen atoms in total. The van der Waals surface area contributed by atoms with Crippen molar-refractivity contribution in [1.29, 1.82) is 0 Å². The van der Waals surface area contributed by atoms with Crippen molar-refractivity contribution in [1.82, 2.24) is 10.6 Å². The highest BCUT2D eigenvalue weighted by atomic mass is 16.8. The van der Waals surface area contributed by atoms with Gasteiger partial charge in [-0.05, 0) is 63.6 Å². The predicted molar refractivity (Wildman–Crippen MR) is 184 cm³/mol. The zero-order valence-corrected chi connectivity index (χ0v) is 29.9. The van der Waals surface area contributed by atoms with Crippen LogP contribution in [0, 0.1) is 5.92 Å². The second-order valence-corrected chi connectivity index (χ2v) is 15.1. The second-order valence-electron chi connectivity index (χ2n) is 15.1. The molecule has 0 spiro atoms. The van der Waals surface area contributed by atoms with Gasteiger partial charge in [0.2, 0.25) is 6.29 Å². The van der Waals surface area contributed by atoms with Gasteiger partial charge in [-0.1, -0.05) is 0 Å². The van der Waals surface area contributed by atoms with Crippen LogP contribution in [-0.2, 0) is 28.4 Å². The standard InChI is InChI=1S/C33H62N6O14/c34-10-20-24(44)25(45)22(37)31(49-20)52-28-21(13-41)50-32(26(28)46)53-29-23(43)15(1-2-16(42)12-40)9-19(36)27(29)51-30-18(35)4-3-17(48-30)11-39-14-33(47)5-7-38-8-6-33/h3,15-16,18-32,38-47H,1-2,4-14,34-37H2/t15-,16?,18-,19+,20+,21-,22-,23+,24-,25-,26-,27-,28-,29-,30-,31-,32+/m1/s1. The first kappa shape index (κ1) is 42.9. The van der Waals surface area contributed by atoms with Gasteiger partial charge in [-0.3, -0.25) is 0 Å². The molecule has 0 amide bonds. The average Bonchev–Trinajstić information content (AvgIpc) is 3.44.